The number of amides is 1. The van der Waals surface area contributed by atoms with Gasteiger partial charge in [-0.3, -0.25) is 4.79 Å². The van der Waals surface area contributed by atoms with Crippen LogP contribution in [0.25, 0.3) is 0 Å². The number of rotatable bonds is 3. The number of nitrogens with zero attached hydrogens (tertiary/aromatic N) is 1. The molecule has 2 rings (SSSR count). The van der Waals surface area contributed by atoms with Gasteiger partial charge in [-0.15, -0.1) is 22.9 Å². The van der Waals surface area contributed by atoms with E-state index in [1.165, 1.54) is 17.8 Å². The zero-order valence-corrected chi connectivity index (χ0v) is 11.8. The molecule has 1 aliphatic rings. The Kier molecular flexibility index (Phi) is 4.71. The van der Waals surface area contributed by atoms with E-state index in [1.54, 1.807) is 6.07 Å². The topological polar surface area (TPSA) is 20.3 Å². The highest BCUT2D eigenvalue weighted by atomic mass is 35.5. The van der Waals surface area contributed by atoms with E-state index in [-0.39, 0.29) is 5.91 Å². The van der Waals surface area contributed by atoms with Crippen LogP contribution in [0.1, 0.15) is 28.9 Å². The Morgan fingerprint density at radius 2 is 2.41 bits per heavy atom. The third-order valence-electron chi connectivity index (χ3n) is 3.13. The molecule has 0 aliphatic carbocycles. The zero-order chi connectivity index (χ0) is 12.3. The Balaban J connectivity index is 2.02. The summed E-state index contributed by atoms with van der Waals surface area (Å²) >= 11 is 13.2. The summed E-state index contributed by atoms with van der Waals surface area (Å²) in [4.78, 5) is 14.8. The molecule has 2 heterocycles. The van der Waals surface area contributed by atoms with Gasteiger partial charge < -0.3 is 4.90 Å². The van der Waals surface area contributed by atoms with Gasteiger partial charge in [0.1, 0.15) is 4.88 Å². The van der Waals surface area contributed by atoms with Crippen molar-refractivity contribution < 1.29 is 4.79 Å². The number of likely N-dealkylation sites (tertiary alicyclic amines) is 1. The summed E-state index contributed by atoms with van der Waals surface area (Å²) in [5, 5.41) is 2.43. The molecule has 1 fully saturated rings. The number of hydrogen-bond donors (Lipinski definition) is 0. The molecule has 1 aliphatic heterocycles. The second-order valence-corrected chi connectivity index (χ2v) is 6.04. The first kappa shape index (κ1) is 13.2. The zero-order valence-electron chi connectivity index (χ0n) is 9.49. The molecule has 1 unspecified atom stereocenters. The number of carbonyl (C=O) groups excluding carboxylic acids is 1. The fourth-order valence-electron chi connectivity index (χ4n) is 2.23. The van der Waals surface area contributed by atoms with Gasteiger partial charge in [0, 0.05) is 19.0 Å². The van der Waals surface area contributed by atoms with E-state index in [4.69, 9.17) is 23.2 Å². The summed E-state index contributed by atoms with van der Waals surface area (Å²) in [6.45, 7) is 1.66. The number of piperidine rings is 1. The van der Waals surface area contributed by atoms with Crippen LogP contribution in [0, 0.1) is 5.92 Å². The van der Waals surface area contributed by atoms with E-state index < -0.39 is 0 Å². The van der Waals surface area contributed by atoms with E-state index in [9.17, 15) is 4.79 Å². The third-order valence-corrected chi connectivity index (χ3v) is 4.68. The lowest BCUT2D eigenvalue weighted by atomic mass is 9.95. The first-order valence-corrected chi connectivity index (χ1v) is 7.60. The molecule has 1 atom stereocenters. The molecular formula is C12H15Cl2NOS. The van der Waals surface area contributed by atoms with Crippen molar-refractivity contribution in [3.05, 3.63) is 21.3 Å². The minimum absolute atomic E-state index is 0.0734. The van der Waals surface area contributed by atoms with E-state index >= 15 is 0 Å². The van der Waals surface area contributed by atoms with Crippen LogP contribution in [0.15, 0.2) is 11.4 Å². The Hall–Kier alpha value is -0.250. The van der Waals surface area contributed by atoms with E-state index in [1.807, 2.05) is 10.3 Å². The van der Waals surface area contributed by atoms with Crippen molar-refractivity contribution in [1.29, 1.82) is 0 Å². The molecule has 1 saturated heterocycles. The Morgan fingerprint density at radius 1 is 1.59 bits per heavy atom. The number of hydrogen-bond acceptors (Lipinski definition) is 2. The number of carbonyl (C=O) groups is 1. The summed E-state index contributed by atoms with van der Waals surface area (Å²) in [6, 6.07) is 1.78. The fourth-order valence-corrected chi connectivity index (χ4v) is 3.64. The molecule has 0 radical (unpaired) electrons. The van der Waals surface area contributed by atoms with Crippen molar-refractivity contribution in [3.63, 3.8) is 0 Å². The molecule has 94 valence electrons. The molecular weight excluding hydrogens is 277 g/mol. The van der Waals surface area contributed by atoms with Gasteiger partial charge in [-0.1, -0.05) is 11.6 Å². The van der Waals surface area contributed by atoms with Crippen LogP contribution in [-0.4, -0.2) is 29.8 Å². The van der Waals surface area contributed by atoms with E-state index in [2.05, 4.69) is 0 Å². The van der Waals surface area contributed by atoms with E-state index in [0.29, 0.717) is 21.7 Å². The SMILES string of the molecule is O=C(c1sccc1Cl)N1CCCC(CCCl)C1. The Bertz CT molecular complexity index is 392. The van der Waals surface area contributed by atoms with Crippen molar-refractivity contribution in [2.24, 2.45) is 5.92 Å². The minimum atomic E-state index is 0.0734. The molecule has 2 nitrogen and oxygen atoms in total. The van der Waals surface area contributed by atoms with Crippen LogP contribution in [-0.2, 0) is 0 Å². The third kappa shape index (κ3) is 3.15. The molecule has 0 N–H and O–H groups in total. The molecule has 1 amide bonds. The fraction of sp³-hybridized carbons (Fsp3) is 0.583. The minimum Gasteiger partial charge on any atom is -0.338 e. The number of alkyl halides is 1. The van der Waals surface area contributed by atoms with Gasteiger partial charge in [-0.25, -0.2) is 0 Å². The van der Waals surface area contributed by atoms with Gasteiger partial charge in [-0.05, 0) is 36.6 Å². The van der Waals surface area contributed by atoms with Gasteiger partial charge in [-0.2, -0.15) is 0 Å². The van der Waals surface area contributed by atoms with Crippen LogP contribution < -0.4 is 0 Å². The molecule has 17 heavy (non-hydrogen) atoms. The summed E-state index contributed by atoms with van der Waals surface area (Å²) in [5.74, 6) is 1.29. The molecule has 0 spiro atoms. The Labute approximate surface area is 116 Å². The predicted octanol–water partition coefficient (Wildman–Crippen LogP) is 3.88. The van der Waals surface area contributed by atoms with Crippen molar-refractivity contribution in [1.82, 2.24) is 4.90 Å². The number of thiophene rings is 1. The van der Waals surface area contributed by atoms with Crippen molar-refractivity contribution in [3.8, 4) is 0 Å². The summed E-state index contributed by atoms with van der Waals surface area (Å²) < 4.78 is 0. The average molecular weight is 292 g/mol. The standard InChI is InChI=1S/C12H15Cl2NOS/c13-5-3-9-2-1-6-15(8-9)12(16)11-10(14)4-7-17-11/h4,7,9H,1-3,5-6,8H2. The second-order valence-electron chi connectivity index (χ2n) is 4.33. The molecule has 0 aromatic carbocycles. The maximum absolute atomic E-state index is 12.3. The lowest BCUT2D eigenvalue weighted by molar-refractivity contribution is 0.0677. The smallest absolute Gasteiger partial charge is 0.265 e. The van der Waals surface area contributed by atoms with Crippen LogP contribution in [0.3, 0.4) is 0 Å². The molecule has 5 heteroatoms. The van der Waals surface area contributed by atoms with Crippen LogP contribution in [0.5, 0.6) is 0 Å². The van der Waals surface area contributed by atoms with Crippen molar-refractivity contribution >= 4 is 40.4 Å². The lowest BCUT2D eigenvalue weighted by Crippen LogP contribution is -2.39. The highest BCUT2D eigenvalue weighted by molar-refractivity contribution is 7.12. The van der Waals surface area contributed by atoms with E-state index in [0.717, 1.165) is 25.9 Å². The predicted molar refractivity (Wildman–Crippen MR) is 73.3 cm³/mol. The van der Waals surface area contributed by atoms with Crippen LogP contribution in [0.2, 0.25) is 5.02 Å². The van der Waals surface area contributed by atoms with Crippen LogP contribution in [0.4, 0.5) is 0 Å². The normalized spacial score (nSPS) is 20.6. The highest BCUT2D eigenvalue weighted by Crippen LogP contribution is 2.27. The lowest BCUT2D eigenvalue weighted by Gasteiger charge is -2.32. The highest BCUT2D eigenvalue weighted by Gasteiger charge is 2.25. The quantitative estimate of drug-likeness (QED) is 0.774. The van der Waals surface area contributed by atoms with Crippen molar-refractivity contribution in [2.75, 3.05) is 19.0 Å². The summed E-state index contributed by atoms with van der Waals surface area (Å²) in [7, 11) is 0. The van der Waals surface area contributed by atoms with Gasteiger partial charge in [0.15, 0.2) is 0 Å². The van der Waals surface area contributed by atoms with Gasteiger partial charge in [0.2, 0.25) is 0 Å². The van der Waals surface area contributed by atoms with Crippen LogP contribution >= 0.6 is 34.5 Å². The first-order valence-electron chi connectivity index (χ1n) is 5.80. The van der Waals surface area contributed by atoms with Gasteiger partial charge >= 0.3 is 0 Å². The van der Waals surface area contributed by atoms with Gasteiger partial charge in [0.25, 0.3) is 5.91 Å². The largest absolute Gasteiger partial charge is 0.338 e. The maximum Gasteiger partial charge on any atom is 0.265 e. The summed E-state index contributed by atoms with van der Waals surface area (Å²) in [6.07, 6.45) is 3.23. The molecule has 0 saturated carbocycles. The maximum atomic E-state index is 12.3. The monoisotopic (exact) mass is 291 g/mol. The second kappa shape index (κ2) is 6.07. The number of halogens is 2. The molecule has 1 aromatic rings. The van der Waals surface area contributed by atoms with Crippen molar-refractivity contribution in [2.45, 2.75) is 19.3 Å². The first-order chi connectivity index (χ1) is 8.22. The summed E-state index contributed by atoms with van der Waals surface area (Å²) in [5.41, 5.74) is 0. The average Bonchev–Trinajstić information content (AvgIpc) is 2.75. The molecule has 1 aromatic heterocycles. The molecule has 0 bridgehead atoms. The Morgan fingerprint density at radius 3 is 3.06 bits per heavy atom. The van der Waals surface area contributed by atoms with Gasteiger partial charge in [0.05, 0.1) is 5.02 Å².